The molecule has 0 aliphatic rings. The Bertz CT molecular complexity index is 1250. The lowest BCUT2D eigenvalue weighted by Crippen LogP contribution is -2.12. The number of hydrogen-bond acceptors (Lipinski definition) is 2. The largest absolute Gasteiger partial charge is 0.508 e. The van der Waals surface area contributed by atoms with Crippen molar-refractivity contribution in [1.29, 1.82) is 0 Å². The fraction of sp³-hybridized carbons (Fsp3) is 0.273. The van der Waals surface area contributed by atoms with Crippen LogP contribution in [0, 0.1) is 13.8 Å². The predicted octanol–water partition coefficient (Wildman–Crippen LogP) is 8.81. The minimum atomic E-state index is -0.0202. The Morgan fingerprint density at radius 3 is 1.37 bits per heavy atom. The molecule has 0 fully saturated rings. The summed E-state index contributed by atoms with van der Waals surface area (Å²) in [5.74, 6) is 1.16. The summed E-state index contributed by atoms with van der Waals surface area (Å²) < 4.78 is 0. The van der Waals surface area contributed by atoms with Crippen LogP contribution in [0.3, 0.4) is 0 Å². The summed E-state index contributed by atoms with van der Waals surface area (Å²) in [4.78, 5) is 0. The lowest BCUT2D eigenvalue weighted by atomic mass is 9.76. The molecule has 4 rings (SSSR count). The molecule has 180 valence electrons. The van der Waals surface area contributed by atoms with E-state index in [-0.39, 0.29) is 17.8 Å². The van der Waals surface area contributed by atoms with Crippen molar-refractivity contribution >= 4 is 0 Å². The maximum absolute atomic E-state index is 10.5. The first-order valence-electron chi connectivity index (χ1n) is 12.5. The van der Waals surface area contributed by atoms with Crippen LogP contribution in [0.2, 0.25) is 0 Å². The number of phenols is 2. The zero-order chi connectivity index (χ0) is 25.3. The lowest BCUT2D eigenvalue weighted by molar-refractivity contribution is 0.469. The Morgan fingerprint density at radius 1 is 0.514 bits per heavy atom. The maximum Gasteiger partial charge on any atom is 0.118 e. The van der Waals surface area contributed by atoms with Crippen molar-refractivity contribution in [3.05, 3.63) is 118 Å². The first-order valence-corrected chi connectivity index (χ1v) is 12.5. The molecule has 0 amide bonds. The monoisotopic (exact) mass is 464 g/mol. The summed E-state index contributed by atoms with van der Waals surface area (Å²) in [5, 5.41) is 21.1. The predicted molar refractivity (Wildman–Crippen MR) is 147 cm³/mol. The molecule has 0 saturated heterocycles. The number of phenolic OH excluding ortho intramolecular Hbond substituents is 2. The van der Waals surface area contributed by atoms with E-state index in [0.29, 0.717) is 11.5 Å². The lowest BCUT2D eigenvalue weighted by Gasteiger charge is -2.28. The standard InChI is InChI=1S/C33H36O2/c1-20(2)27-18-31(34)22(5)16-29(27)33(30-17-23(6)32(35)19-28(30)21(3)4)26-14-12-25(13-15-26)24-10-8-7-9-11-24/h7-21,33-35H,1-6H3. The molecule has 4 aromatic rings. The second kappa shape index (κ2) is 10.00. The smallest absolute Gasteiger partial charge is 0.118 e. The minimum absolute atomic E-state index is 0.0202. The van der Waals surface area contributed by atoms with Crippen molar-refractivity contribution in [2.45, 2.75) is 59.3 Å². The van der Waals surface area contributed by atoms with Gasteiger partial charge in [0.05, 0.1) is 0 Å². The summed E-state index contributed by atoms with van der Waals surface area (Å²) in [5.41, 5.74) is 10.0. The zero-order valence-corrected chi connectivity index (χ0v) is 21.6. The Labute approximate surface area is 209 Å². The molecular weight excluding hydrogens is 428 g/mol. The van der Waals surface area contributed by atoms with Gasteiger partial charge in [0.2, 0.25) is 0 Å². The normalized spacial score (nSPS) is 11.6. The van der Waals surface area contributed by atoms with Gasteiger partial charge in [0.1, 0.15) is 11.5 Å². The molecule has 0 aliphatic carbocycles. The van der Waals surface area contributed by atoms with Crippen LogP contribution in [0.15, 0.2) is 78.9 Å². The third-order valence-corrected chi connectivity index (χ3v) is 7.02. The van der Waals surface area contributed by atoms with E-state index < -0.39 is 0 Å². The second-order valence-corrected chi connectivity index (χ2v) is 10.3. The van der Waals surface area contributed by atoms with Crippen LogP contribution in [-0.2, 0) is 0 Å². The maximum atomic E-state index is 10.5. The average Bonchev–Trinajstić information content (AvgIpc) is 2.84. The SMILES string of the molecule is Cc1cc(C(c2ccc(-c3ccccc3)cc2)c2cc(C)c(O)cc2C(C)C)c(C(C)C)cc1O. The summed E-state index contributed by atoms with van der Waals surface area (Å²) in [6, 6.07) is 27.4. The molecule has 0 saturated carbocycles. The van der Waals surface area contributed by atoms with Crippen LogP contribution in [0.4, 0.5) is 0 Å². The van der Waals surface area contributed by atoms with Crippen molar-refractivity contribution in [2.75, 3.05) is 0 Å². The molecule has 0 atom stereocenters. The highest BCUT2D eigenvalue weighted by atomic mass is 16.3. The van der Waals surface area contributed by atoms with E-state index in [1.165, 1.54) is 27.8 Å². The number of benzene rings is 4. The van der Waals surface area contributed by atoms with Crippen molar-refractivity contribution < 1.29 is 10.2 Å². The second-order valence-electron chi connectivity index (χ2n) is 10.3. The fourth-order valence-electron chi connectivity index (χ4n) is 5.00. The number of aryl methyl sites for hydroxylation is 2. The third kappa shape index (κ3) is 4.98. The van der Waals surface area contributed by atoms with Gasteiger partial charge >= 0.3 is 0 Å². The molecule has 0 spiro atoms. The first-order chi connectivity index (χ1) is 16.7. The molecule has 0 heterocycles. The van der Waals surface area contributed by atoms with Crippen LogP contribution < -0.4 is 0 Å². The molecule has 35 heavy (non-hydrogen) atoms. The molecule has 0 unspecified atom stereocenters. The third-order valence-electron chi connectivity index (χ3n) is 7.02. The Balaban J connectivity index is 1.99. The Hall–Kier alpha value is -3.52. The first kappa shape index (κ1) is 24.6. The molecule has 0 aromatic heterocycles. The van der Waals surface area contributed by atoms with Crippen LogP contribution in [0.5, 0.6) is 11.5 Å². The fourth-order valence-corrected chi connectivity index (χ4v) is 5.00. The van der Waals surface area contributed by atoms with E-state index in [2.05, 4.69) is 88.4 Å². The van der Waals surface area contributed by atoms with Crippen molar-refractivity contribution in [3.63, 3.8) is 0 Å². The number of rotatable bonds is 6. The quantitative estimate of drug-likeness (QED) is 0.280. The minimum Gasteiger partial charge on any atom is -0.508 e. The van der Waals surface area contributed by atoms with Gasteiger partial charge in [0.15, 0.2) is 0 Å². The number of hydrogen-bond donors (Lipinski definition) is 2. The van der Waals surface area contributed by atoms with Gasteiger partial charge in [0.25, 0.3) is 0 Å². The van der Waals surface area contributed by atoms with Crippen molar-refractivity contribution in [3.8, 4) is 22.6 Å². The molecule has 2 heteroatoms. The molecule has 2 N–H and O–H groups in total. The number of aromatic hydroxyl groups is 2. The van der Waals surface area contributed by atoms with E-state index >= 15 is 0 Å². The molecule has 0 radical (unpaired) electrons. The molecule has 4 aromatic carbocycles. The van der Waals surface area contributed by atoms with Gasteiger partial charge in [-0.3, -0.25) is 0 Å². The molecule has 2 nitrogen and oxygen atoms in total. The van der Waals surface area contributed by atoms with Gasteiger partial charge in [-0.1, -0.05) is 94.4 Å². The topological polar surface area (TPSA) is 40.5 Å². The molecule has 0 bridgehead atoms. The van der Waals surface area contributed by atoms with Gasteiger partial charge in [-0.25, -0.2) is 0 Å². The van der Waals surface area contributed by atoms with Crippen molar-refractivity contribution in [1.82, 2.24) is 0 Å². The van der Waals surface area contributed by atoms with Crippen molar-refractivity contribution in [2.24, 2.45) is 0 Å². The highest BCUT2D eigenvalue weighted by Crippen LogP contribution is 2.43. The van der Waals surface area contributed by atoms with Gasteiger partial charge in [0, 0.05) is 5.92 Å². The van der Waals surface area contributed by atoms with Crippen LogP contribution in [0.25, 0.3) is 11.1 Å². The van der Waals surface area contributed by atoms with E-state index in [1.807, 2.05) is 32.0 Å². The molecule has 0 aliphatic heterocycles. The summed E-state index contributed by atoms with van der Waals surface area (Å²) >= 11 is 0. The summed E-state index contributed by atoms with van der Waals surface area (Å²) in [6.07, 6.45) is 0. The van der Waals surface area contributed by atoms with E-state index in [9.17, 15) is 10.2 Å². The van der Waals surface area contributed by atoms with Crippen LogP contribution >= 0.6 is 0 Å². The van der Waals surface area contributed by atoms with Crippen LogP contribution in [-0.4, -0.2) is 10.2 Å². The highest BCUT2D eigenvalue weighted by molar-refractivity contribution is 5.65. The molecular formula is C33H36O2. The highest BCUT2D eigenvalue weighted by Gasteiger charge is 2.26. The summed E-state index contributed by atoms with van der Waals surface area (Å²) in [6.45, 7) is 12.6. The van der Waals surface area contributed by atoms with Gasteiger partial charge in [-0.15, -0.1) is 0 Å². The van der Waals surface area contributed by atoms with E-state index in [4.69, 9.17) is 0 Å². The van der Waals surface area contributed by atoms with Gasteiger partial charge in [-0.05, 0) is 87.9 Å². The van der Waals surface area contributed by atoms with E-state index in [1.54, 1.807) is 0 Å². The average molecular weight is 465 g/mol. The Morgan fingerprint density at radius 2 is 0.943 bits per heavy atom. The Kier molecular flexibility index (Phi) is 7.03. The zero-order valence-electron chi connectivity index (χ0n) is 21.6. The van der Waals surface area contributed by atoms with Gasteiger partial charge in [-0.2, -0.15) is 0 Å². The van der Waals surface area contributed by atoms with Gasteiger partial charge < -0.3 is 10.2 Å². The van der Waals surface area contributed by atoms with Crippen LogP contribution in [0.1, 0.15) is 84.4 Å². The summed E-state index contributed by atoms with van der Waals surface area (Å²) in [7, 11) is 0. The van der Waals surface area contributed by atoms with E-state index in [0.717, 1.165) is 22.3 Å².